The molecule has 0 saturated carbocycles. The Kier molecular flexibility index (Phi) is 5.15. The third-order valence-corrected chi connectivity index (χ3v) is 3.66. The predicted molar refractivity (Wildman–Crippen MR) is 82.3 cm³/mol. The molecule has 0 radical (unpaired) electrons. The van der Waals surface area contributed by atoms with Gasteiger partial charge in [-0.2, -0.15) is 13.2 Å². The van der Waals surface area contributed by atoms with Crippen LogP contribution in [0.5, 0.6) is 0 Å². The third kappa shape index (κ3) is 3.84. The molecule has 1 N–H and O–H groups in total. The minimum Gasteiger partial charge on any atom is -0.368 e. The van der Waals surface area contributed by atoms with Gasteiger partial charge in [-0.05, 0) is 25.1 Å². The summed E-state index contributed by atoms with van der Waals surface area (Å²) in [6.45, 7) is 5.61. The Morgan fingerprint density at radius 2 is 1.91 bits per heavy atom. The molecular formula is C15H21F3N4. The van der Waals surface area contributed by atoms with Crippen LogP contribution in [0.3, 0.4) is 0 Å². The van der Waals surface area contributed by atoms with E-state index in [0.717, 1.165) is 31.7 Å². The Morgan fingerprint density at radius 1 is 1.23 bits per heavy atom. The molecule has 1 aromatic carbocycles. The summed E-state index contributed by atoms with van der Waals surface area (Å²) in [6, 6.07) is 5.51. The molecule has 2 rings (SSSR count). The van der Waals surface area contributed by atoms with Crippen LogP contribution in [-0.4, -0.2) is 50.6 Å². The van der Waals surface area contributed by atoms with Crippen LogP contribution in [0.4, 0.5) is 18.9 Å². The highest BCUT2D eigenvalue weighted by molar-refractivity contribution is 5.80. The molecule has 7 heteroatoms. The second kappa shape index (κ2) is 6.89. The molecule has 1 heterocycles. The van der Waals surface area contributed by atoms with Gasteiger partial charge in [-0.15, -0.1) is 0 Å². The van der Waals surface area contributed by atoms with Crippen molar-refractivity contribution in [2.45, 2.75) is 13.1 Å². The van der Waals surface area contributed by atoms with Crippen molar-refractivity contribution in [3.8, 4) is 0 Å². The Labute approximate surface area is 128 Å². The Bertz CT molecular complexity index is 520. The normalized spacial score (nSPS) is 16.9. The van der Waals surface area contributed by atoms with E-state index in [0.29, 0.717) is 18.8 Å². The van der Waals surface area contributed by atoms with Gasteiger partial charge < -0.3 is 15.1 Å². The van der Waals surface area contributed by atoms with Gasteiger partial charge in [0.05, 0.1) is 5.56 Å². The summed E-state index contributed by atoms with van der Waals surface area (Å²) in [5.41, 5.74) is 0.0174. The highest BCUT2D eigenvalue weighted by Gasteiger charge is 2.31. The van der Waals surface area contributed by atoms with E-state index < -0.39 is 11.7 Å². The van der Waals surface area contributed by atoms with Crippen molar-refractivity contribution in [2.24, 2.45) is 4.99 Å². The molecule has 0 aliphatic carbocycles. The zero-order valence-corrected chi connectivity index (χ0v) is 12.8. The number of nitrogens with one attached hydrogen (secondary N) is 1. The number of hydrogen-bond donors (Lipinski definition) is 1. The average molecular weight is 314 g/mol. The van der Waals surface area contributed by atoms with Gasteiger partial charge in [-0.3, -0.25) is 4.99 Å². The third-order valence-electron chi connectivity index (χ3n) is 3.66. The van der Waals surface area contributed by atoms with Gasteiger partial charge in [0.25, 0.3) is 0 Å². The second-order valence-electron chi connectivity index (χ2n) is 5.10. The van der Waals surface area contributed by atoms with E-state index in [9.17, 15) is 13.2 Å². The summed E-state index contributed by atoms with van der Waals surface area (Å²) < 4.78 is 38.3. The first-order chi connectivity index (χ1) is 10.5. The topological polar surface area (TPSA) is 30.9 Å². The summed E-state index contributed by atoms with van der Waals surface area (Å²) >= 11 is 0. The number of piperazine rings is 1. The number of benzene rings is 1. The van der Waals surface area contributed by atoms with Gasteiger partial charge >= 0.3 is 6.18 Å². The van der Waals surface area contributed by atoms with Gasteiger partial charge in [0, 0.05) is 45.5 Å². The Balaban J connectivity index is 2.03. The maximum Gasteiger partial charge on any atom is 0.416 e. The number of aliphatic imine (C=N–C) groups is 1. The highest BCUT2D eigenvalue weighted by atomic mass is 19.4. The lowest BCUT2D eigenvalue weighted by atomic mass is 10.1. The molecule has 0 atom stereocenters. The number of nitrogens with zero attached hydrogens (tertiary/aromatic N) is 3. The van der Waals surface area contributed by atoms with E-state index in [1.807, 2.05) is 11.8 Å². The monoisotopic (exact) mass is 314 g/mol. The lowest BCUT2D eigenvalue weighted by Crippen LogP contribution is -2.52. The SMILES string of the molecule is CCNC(=NC)N1CCN(c2cccc(C(F)(F)F)c2)CC1. The molecule has 22 heavy (non-hydrogen) atoms. The van der Waals surface area contributed by atoms with Crippen molar-refractivity contribution >= 4 is 11.6 Å². The van der Waals surface area contributed by atoms with Gasteiger partial charge in [-0.1, -0.05) is 6.07 Å². The maximum atomic E-state index is 12.8. The molecule has 0 bridgehead atoms. The van der Waals surface area contributed by atoms with E-state index in [1.54, 1.807) is 13.1 Å². The molecular weight excluding hydrogens is 293 g/mol. The van der Waals surface area contributed by atoms with Crippen LogP contribution in [-0.2, 0) is 6.18 Å². The highest BCUT2D eigenvalue weighted by Crippen LogP contribution is 2.31. The van der Waals surface area contributed by atoms with Crippen LogP contribution in [0.25, 0.3) is 0 Å². The zero-order valence-electron chi connectivity index (χ0n) is 12.8. The first kappa shape index (κ1) is 16.5. The van der Waals surface area contributed by atoms with Crippen LogP contribution in [0.15, 0.2) is 29.3 Å². The predicted octanol–water partition coefficient (Wildman–Crippen LogP) is 2.42. The molecule has 1 aliphatic heterocycles. The average Bonchev–Trinajstić information content (AvgIpc) is 2.52. The van der Waals surface area contributed by atoms with Crippen molar-refractivity contribution in [1.82, 2.24) is 10.2 Å². The molecule has 122 valence electrons. The van der Waals surface area contributed by atoms with Crippen LogP contribution in [0.1, 0.15) is 12.5 Å². The van der Waals surface area contributed by atoms with Crippen molar-refractivity contribution < 1.29 is 13.2 Å². The lowest BCUT2D eigenvalue weighted by molar-refractivity contribution is -0.137. The van der Waals surface area contributed by atoms with Gasteiger partial charge in [0.2, 0.25) is 0 Å². The van der Waals surface area contributed by atoms with Gasteiger partial charge in [-0.25, -0.2) is 0 Å². The number of guanidine groups is 1. The minimum atomic E-state index is -4.30. The number of halogens is 3. The molecule has 0 spiro atoms. The maximum absolute atomic E-state index is 12.8. The number of alkyl halides is 3. The summed E-state index contributed by atoms with van der Waals surface area (Å²) in [6.07, 6.45) is -4.30. The van der Waals surface area contributed by atoms with Crippen molar-refractivity contribution in [1.29, 1.82) is 0 Å². The molecule has 1 saturated heterocycles. The van der Waals surface area contributed by atoms with Gasteiger partial charge in [0.15, 0.2) is 5.96 Å². The number of anilines is 1. The molecule has 1 aromatic rings. The van der Waals surface area contributed by atoms with Crippen LogP contribution >= 0.6 is 0 Å². The fourth-order valence-corrected chi connectivity index (χ4v) is 2.55. The van der Waals surface area contributed by atoms with E-state index in [4.69, 9.17) is 0 Å². The fraction of sp³-hybridized carbons (Fsp3) is 0.533. The Hall–Kier alpha value is -1.92. The van der Waals surface area contributed by atoms with Crippen LogP contribution < -0.4 is 10.2 Å². The first-order valence-corrected chi connectivity index (χ1v) is 7.33. The molecule has 1 aliphatic rings. The quantitative estimate of drug-likeness (QED) is 0.672. The molecule has 1 fully saturated rings. The van der Waals surface area contributed by atoms with E-state index in [-0.39, 0.29) is 0 Å². The van der Waals surface area contributed by atoms with E-state index in [2.05, 4.69) is 15.2 Å². The second-order valence-corrected chi connectivity index (χ2v) is 5.10. The molecule has 4 nitrogen and oxygen atoms in total. The number of rotatable bonds is 2. The largest absolute Gasteiger partial charge is 0.416 e. The van der Waals surface area contributed by atoms with Crippen LogP contribution in [0.2, 0.25) is 0 Å². The summed E-state index contributed by atoms with van der Waals surface area (Å²) in [7, 11) is 1.73. The molecule has 0 amide bonds. The van der Waals surface area contributed by atoms with E-state index in [1.165, 1.54) is 12.1 Å². The molecule has 0 unspecified atom stereocenters. The standard InChI is InChI=1S/C15H21F3N4/c1-3-20-14(19-2)22-9-7-21(8-10-22)13-6-4-5-12(11-13)15(16,17)18/h4-6,11H,3,7-10H2,1-2H3,(H,19,20). The zero-order chi connectivity index (χ0) is 16.2. The molecule has 0 aromatic heterocycles. The lowest BCUT2D eigenvalue weighted by Gasteiger charge is -2.37. The van der Waals surface area contributed by atoms with Gasteiger partial charge in [0.1, 0.15) is 0 Å². The smallest absolute Gasteiger partial charge is 0.368 e. The van der Waals surface area contributed by atoms with Crippen molar-refractivity contribution in [2.75, 3.05) is 44.7 Å². The fourth-order valence-electron chi connectivity index (χ4n) is 2.55. The summed E-state index contributed by atoms with van der Waals surface area (Å²) in [4.78, 5) is 8.31. The van der Waals surface area contributed by atoms with Crippen molar-refractivity contribution in [3.63, 3.8) is 0 Å². The van der Waals surface area contributed by atoms with E-state index >= 15 is 0 Å². The Morgan fingerprint density at radius 3 is 2.45 bits per heavy atom. The summed E-state index contributed by atoms with van der Waals surface area (Å²) in [5, 5.41) is 3.19. The van der Waals surface area contributed by atoms with Crippen molar-refractivity contribution in [3.05, 3.63) is 29.8 Å². The summed E-state index contributed by atoms with van der Waals surface area (Å²) in [5.74, 6) is 0.839. The minimum absolute atomic E-state index is 0.601. The number of hydrogen-bond acceptors (Lipinski definition) is 2. The van der Waals surface area contributed by atoms with Crippen LogP contribution in [0, 0.1) is 0 Å². The first-order valence-electron chi connectivity index (χ1n) is 7.33.